The van der Waals surface area contributed by atoms with Crippen molar-refractivity contribution < 1.29 is 58.1 Å². The standard InChI is InChI=1S/C37H61NO12/c1-11-28-37(43,20-46-36-34(45-10)33(44-9)30(41)25(6)48-36)17-13-12-14-27(39)22(3)18-23(4)32(21(2)15-16-29(40)49-28)50-35-31(42)26(38(7)8)19-24(5)47-35/h12-17,21-26,28,30-36,41-43H,11,18-20H2,1-10H3/b14-12+,16-15+,17-13+. The first-order chi connectivity index (χ1) is 23.6. The second-order valence-electron chi connectivity index (χ2n) is 14.4. The summed E-state index contributed by atoms with van der Waals surface area (Å²) < 4.78 is 41.3. The number of aliphatic hydroxyl groups is 3. The van der Waals surface area contributed by atoms with Gasteiger partial charge in [0.25, 0.3) is 0 Å². The number of ketones is 1. The highest BCUT2D eigenvalue weighted by Gasteiger charge is 2.47. The maximum Gasteiger partial charge on any atom is 0.330 e. The zero-order valence-electron chi connectivity index (χ0n) is 31.3. The van der Waals surface area contributed by atoms with E-state index in [1.54, 1.807) is 19.9 Å². The van der Waals surface area contributed by atoms with Crippen molar-refractivity contribution in [3.63, 3.8) is 0 Å². The van der Waals surface area contributed by atoms with Crippen LogP contribution in [0, 0.1) is 17.8 Å². The van der Waals surface area contributed by atoms with Crippen molar-refractivity contribution >= 4 is 11.8 Å². The summed E-state index contributed by atoms with van der Waals surface area (Å²) in [7, 11) is 6.70. The van der Waals surface area contributed by atoms with Gasteiger partial charge in [0.2, 0.25) is 0 Å². The van der Waals surface area contributed by atoms with Crippen molar-refractivity contribution in [1.29, 1.82) is 0 Å². The minimum atomic E-state index is -1.85. The third-order valence-corrected chi connectivity index (χ3v) is 10.1. The average Bonchev–Trinajstić information content (AvgIpc) is 3.07. The van der Waals surface area contributed by atoms with E-state index < -0.39 is 66.9 Å². The SMILES string of the molecule is CCC1OC(=O)/C=C/C(C)C(OC2OC(C)CC(N(C)C)C2O)C(C)CC(C)C(=O)/C=C/C=C/C1(O)COC1OC(C)C(O)C(OC)C1OC. The van der Waals surface area contributed by atoms with Crippen LogP contribution in [-0.2, 0) is 42.7 Å². The Hall–Kier alpha value is -2.04. The zero-order valence-corrected chi connectivity index (χ0v) is 31.3. The van der Waals surface area contributed by atoms with E-state index >= 15 is 0 Å². The molecule has 3 N–H and O–H groups in total. The Morgan fingerprint density at radius 1 is 0.900 bits per heavy atom. The molecule has 0 radical (unpaired) electrons. The molecule has 15 atom stereocenters. The first kappa shape index (κ1) is 42.4. The third-order valence-electron chi connectivity index (χ3n) is 10.1. The largest absolute Gasteiger partial charge is 0.456 e. The van der Waals surface area contributed by atoms with E-state index in [2.05, 4.69) is 0 Å². The van der Waals surface area contributed by atoms with Crippen LogP contribution in [0.4, 0.5) is 0 Å². The summed E-state index contributed by atoms with van der Waals surface area (Å²) in [4.78, 5) is 28.5. The molecule has 2 saturated heterocycles. The number of likely N-dealkylation sites (N-methyl/N-ethyl adjacent to an activating group) is 1. The molecule has 0 amide bonds. The topological polar surface area (TPSA) is 163 Å². The molecule has 13 heteroatoms. The smallest absolute Gasteiger partial charge is 0.330 e. The Labute approximate surface area is 297 Å². The van der Waals surface area contributed by atoms with Crippen LogP contribution in [-0.4, -0.2) is 140 Å². The first-order valence-electron chi connectivity index (χ1n) is 17.7. The van der Waals surface area contributed by atoms with E-state index in [0.29, 0.717) is 12.8 Å². The number of ether oxygens (including phenoxy) is 7. The molecular weight excluding hydrogens is 650 g/mol. The Balaban J connectivity index is 1.90. The van der Waals surface area contributed by atoms with Crippen molar-refractivity contribution in [1.82, 2.24) is 4.90 Å². The summed E-state index contributed by atoms with van der Waals surface area (Å²) in [6, 6.07) is -0.167. The number of carbonyl (C=O) groups is 2. The second-order valence-corrected chi connectivity index (χ2v) is 14.4. The summed E-state index contributed by atoms with van der Waals surface area (Å²) in [6.45, 7) is 10.7. The minimum absolute atomic E-state index is 0.110. The molecule has 50 heavy (non-hydrogen) atoms. The van der Waals surface area contributed by atoms with Crippen LogP contribution in [0.15, 0.2) is 36.5 Å². The predicted molar refractivity (Wildman–Crippen MR) is 185 cm³/mol. The Morgan fingerprint density at radius 2 is 1.58 bits per heavy atom. The van der Waals surface area contributed by atoms with Gasteiger partial charge in [-0.3, -0.25) is 4.79 Å². The van der Waals surface area contributed by atoms with Crippen LogP contribution >= 0.6 is 0 Å². The molecule has 0 bridgehead atoms. The lowest BCUT2D eigenvalue weighted by Gasteiger charge is -2.43. The molecule has 0 aromatic rings. The highest BCUT2D eigenvalue weighted by atomic mass is 16.7. The van der Waals surface area contributed by atoms with Crippen LogP contribution in [0.5, 0.6) is 0 Å². The summed E-state index contributed by atoms with van der Waals surface area (Å²) in [5.74, 6) is -1.66. The van der Waals surface area contributed by atoms with Gasteiger partial charge in [0.15, 0.2) is 18.4 Å². The number of cyclic esters (lactones) is 1. The number of hydrogen-bond acceptors (Lipinski definition) is 13. The number of allylic oxidation sites excluding steroid dienone is 3. The number of nitrogens with zero attached hydrogens (tertiary/aromatic N) is 1. The van der Waals surface area contributed by atoms with Gasteiger partial charge in [-0.05, 0) is 65.3 Å². The van der Waals surface area contributed by atoms with E-state index in [9.17, 15) is 24.9 Å². The molecule has 0 saturated carbocycles. The average molecular weight is 712 g/mol. The van der Waals surface area contributed by atoms with Crippen LogP contribution < -0.4 is 0 Å². The highest BCUT2D eigenvalue weighted by Crippen LogP contribution is 2.32. The number of carbonyl (C=O) groups excluding carboxylic acids is 2. The summed E-state index contributed by atoms with van der Waals surface area (Å²) in [6.07, 6.45) is 2.53. The van der Waals surface area contributed by atoms with E-state index in [1.807, 2.05) is 46.7 Å². The molecule has 3 aliphatic rings. The normalized spacial score (nSPS) is 44.4. The van der Waals surface area contributed by atoms with Crippen molar-refractivity contribution in [3.8, 4) is 0 Å². The number of rotatable bonds is 9. The van der Waals surface area contributed by atoms with Crippen LogP contribution in [0.2, 0.25) is 0 Å². The molecule has 2 fully saturated rings. The lowest BCUT2D eigenvalue weighted by molar-refractivity contribution is -0.310. The lowest BCUT2D eigenvalue weighted by atomic mass is 9.84. The van der Waals surface area contributed by atoms with Crippen molar-refractivity contribution in [2.24, 2.45) is 17.8 Å². The van der Waals surface area contributed by atoms with E-state index in [0.717, 1.165) is 0 Å². The molecule has 0 aromatic carbocycles. The third kappa shape index (κ3) is 10.8. The molecule has 3 heterocycles. The summed E-state index contributed by atoms with van der Waals surface area (Å²) in [5, 5.41) is 33.7. The summed E-state index contributed by atoms with van der Waals surface area (Å²) >= 11 is 0. The number of methoxy groups -OCH3 is 2. The van der Waals surface area contributed by atoms with Crippen molar-refractivity contribution in [2.45, 2.75) is 134 Å². The molecule has 286 valence electrons. The molecule has 0 aliphatic carbocycles. The van der Waals surface area contributed by atoms with Gasteiger partial charge < -0.3 is 53.4 Å². The Kier molecular flexibility index (Phi) is 16.2. The molecule has 3 aliphatic heterocycles. The fourth-order valence-electron chi connectivity index (χ4n) is 7.09. The molecular formula is C37H61NO12. The molecule has 0 spiro atoms. The van der Waals surface area contributed by atoms with E-state index in [4.69, 9.17) is 33.2 Å². The highest BCUT2D eigenvalue weighted by molar-refractivity contribution is 5.91. The van der Waals surface area contributed by atoms with Gasteiger partial charge in [-0.25, -0.2) is 4.79 Å². The molecule has 13 nitrogen and oxygen atoms in total. The minimum Gasteiger partial charge on any atom is -0.456 e. The van der Waals surface area contributed by atoms with Gasteiger partial charge >= 0.3 is 5.97 Å². The first-order valence-corrected chi connectivity index (χ1v) is 17.7. The monoisotopic (exact) mass is 711 g/mol. The Morgan fingerprint density at radius 3 is 2.20 bits per heavy atom. The van der Waals surface area contributed by atoms with Crippen LogP contribution in [0.25, 0.3) is 0 Å². The number of aliphatic hydroxyl groups excluding tert-OH is 2. The van der Waals surface area contributed by atoms with Gasteiger partial charge in [0.05, 0.1) is 24.9 Å². The fraction of sp³-hybridized carbons (Fsp3) is 0.784. The lowest BCUT2D eigenvalue weighted by Crippen LogP contribution is -2.59. The van der Waals surface area contributed by atoms with E-state index in [1.165, 1.54) is 44.6 Å². The van der Waals surface area contributed by atoms with Gasteiger partial charge in [-0.2, -0.15) is 0 Å². The van der Waals surface area contributed by atoms with E-state index in [-0.39, 0.29) is 48.7 Å². The predicted octanol–water partition coefficient (Wildman–Crippen LogP) is 2.55. The zero-order chi connectivity index (χ0) is 37.3. The van der Waals surface area contributed by atoms with Crippen molar-refractivity contribution in [3.05, 3.63) is 36.5 Å². The Bertz CT molecular complexity index is 1180. The van der Waals surface area contributed by atoms with Gasteiger partial charge in [-0.15, -0.1) is 0 Å². The maximum absolute atomic E-state index is 13.3. The quantitative estimate of drug-likeness (QED) is 0.300. The van der Waals surface area contributed by atoms with Crippen LogP contribution in [0.1, 0.15) is 60.8 Å². The molecule has 15 unspecified atom stereocenters. The van der Waals surface area contributed by atoms with Gasteiger partial charge in [-0.1, -0.05) is 45.9 Å². The van der Waals surface area contributed by atoms with Crippen molar-refractivity contribution in [2.75, 3.05) is 34.9 Å². The maximum atomic E-state index is 13.3. The van der Waals surface area contributed by atoms with Gasteiger partial charge in [0.1, 0.15) is 36.1 Å². The summed E-state index contributed by atoms with van der Waals surface area (Å²) in [5.41, 5.74) is -1.85. The molecule has 3 rings (SSSR count). The van der Waals surface area contributed by atoms with Crippen LogP contribution in [0.3, 0.4) is 0 Å². The number of esters is 1. The second kappa shape index (κ2) is 19.2. The van der Waals surface area contributed by atoms with Gasteiger partial charge in [0, 0.05) is 38.2 Å². The molecule has 0 aromatic heterocycles. The fourth-order valence-corrected chi connectivity index (χ4v) is 7.09. The number of hydrogen-bond donors (Lipinski definition) is 3.